The first kappa shape index (κ1) is 13.3. The van der Waals surface area contributed by atoms with Crippen LogP contribution in [0, 0.1) is 10.1 Å². The Kier molecular flexibility index (Phi) is 4.52. The monoisotopic (exact) mass is 255 g/mol. The van der Waals surface area contributed by atoms with E-state index in [4.69, 9.17) is 4.74 Å². The van der Waals surface area contributed by atoms with Crippen LogP contribution in [0.25, 0.3) is 0 Å². The zero-order valence-electron chi connectivity index (χ0n) is 10.7. The van der Waals surface area contributed by atoms with Crippen molar-refractivity contribution in [1.29, 1.82) is 0 Å². The average Bonchev–Trinajstić information content (AvgIpc) is 2.75. The van der Waals surface area contributed by atoms with Gasteiger partial charge in [-0.2, -0.15) is 5.10 Å². The predicted octanol–water partition coefficient (Wildman–Crippen LogP) is 1.72. The molecular formula is C12H21N3O3. The molecule has 0 aromatic carbocycles. The van der Waals surface area contributed by atoms with E-state index >= 15 is 0 Å². The van der Waals surface area contributed by atoms with Crippen molar-refractivity contribution in [3.63, 3.8) is 0 Å². The number of hydrogen-bond donors (Lipinski definition) is 1. The summed E-state index contributed by atoms with van der Waals surface area (Å²) in [6, 6.07) is -0.636. The van der Waals surface area contributed by atoms with E-state index in [9.17, 15) is 10.1 Å². The van der Waals surface area contributed by atoms with E-state index in [2.05, 4.69) is 10.5 Å². The quantitative estimate of drug-likeness (QED) is 0.471. The minimum Gasteiger partial charge on any atom is -0.370 e. The van der Waals surface area contributed by atoms with E-state index in [1.807, 2.05) is 6.92 Å². The van der Waals surface area contributed by atoms with Crippen LogP contribution in [0.15, 0.2) is 5.10 Å². The SMILES string of the molecule is CC1CCC(/C=N/NC2CCCCC2[N+](=O)[O-])O1. The van der Waals surface area contributed by atoms with Gasteiger partial charge in [0, 0.05) is 11.3 Å². The van der Waals surface area contributed by atoms with Crippen LogP contribution < -0.4 is 5.43 Å². The molecule has 1 saturated heterocycles. The van der Waals surface area contributed by atoms with Crippen molar-refractivity contribution in [3.8, 4) is 0 Å². The molecule has 2 rings (SSSR count). The molecular weight excluding hydrogens is 234 g/mol. The van der Waals surface area contributed by atoms with Gasteiger partial charge in [0.1, 0.15) is 6.04 Å². The average molecular weight is 255 g/mol. The first-order chi connectivity index (χ1) is 8.66. The number of hydrazone groups is 1. The first-order valence-electron chi connectivity index (χ1n) is 6.74. The van der Waals surface area contributed by atoms with Gasteiger partial charge in [-0.15, -0.1) is 0 Å². The number of nitrogens with zero attached hydrogens (tertiary/aromatic N) is 2. The van der Waals surface area contributed by atoms with Crippen molar-refractivity contribution < 1.29 is 9.66 Å². The summed E-state index contributed by atoms with van der Waals surface area (Å²) in [5.74, 6) is 0. The fourth-order valence-corrected chi connectivity index (χ4v) is 2.68. The van der Waals surface area contributed by atoms with Gasteiger partial charge in [0.15, 0.2) is 0 Å². The Hall–Kier alpha value is -1.17. The maximum absolute atomic E-state index is 10.9. The molecule has 2 aliphatic rings. The highest BCUT2D eigenvalue weighted by Gasteiger charge is 2.33. The normalized spacial score (nSPS) is 36.9. The Balaban J connectivity index is 1.80. The van der Waals surface area contributed by atoms with Crippen molar-refractivity contribution in [2.24, 2.45) is 5.10 Å². The van der Waals surface area contributed by atoms with Crippen LogP contribution in [-0.4, -0.2) is 35.4 Å². The van der Waals surface area contributed by atoms with Gasteiger partial charge in [-0.25, -0.2) is 0 Å². The maximum atomic E-state index is 10.9. The molecule has 6 heteroatoms. The number of nitro groups is 1. The number of nitrogens with one attached hydrogen (secondary N) is 1. The van der Waals surface area contributed by atoms with Gasteiger partial charge in [0.25, 0.3) is 0 Å². The zero-order valence-corrected chi connectivity index (χ0v) is 10.7. The predicted molar refractivity (Wildman–Crippen MR) is 68.2 cm³/mol. The summed E-state index contributed by atoms with van der Waals surface area (Å²) in [7, 11) is 0. The molecule has 4 atom stereocenters. The number of ether oxygens (including phenoxy) is 1. The van der Waals surface area contributed by atoms with Crippen LogP contribution in [0.1, 0.15) is 45.4 Å². The van der Waals surface area contributed by atoms with Crippen LogP contribution in [-0.2, 0) is 4.74 Å². The van der Waals surface area contributed by atoms with Gasteiger partial charge in [-0.1, -0.05) is 6.42 Å². The van der Waals surface area contributed by atoms with E-state index in [1.54, 1.807) is 6.21 Å². The summed E-state index contributed by atoms with van der Waals surface area (Å²) in [6.45, 7) is 2.05. The standard InChI is InChI=1S/C12H21N3O3/c1-9-6-7-10(18-9)8-13-14-11-4-2-3-5-12(11)15(16)17/h8-12,14H,2-7H2,1H3/b13-8+. The Labute approximate surface area is 107 Å². The summed E-state index contributed by atoms with van der Waals surface area (Å²) < 4.78 is 5.60. The molecule has 0 spiro atoms. The van der Waals surface area contributed by atoms with Crippen molar-refractivity contribution in [2.45, 2.75) is 69.7 Å². The third kappa shape index (κ3) is 3.41. The molecule has 0 bridgehead atoms. The molecule has 1 N–H and O–H groups in total. The molecule has 102 valence electrons. The highest BCUT2D eigenvalue weighted by atomic mass is 16.6. The largest absolute Gasteiger partial charge is 0.370 e. The lowest BCUT2D eigenvalue weighted by atomic mass is 9.91. The van der Waals surface area contributed by atoms with Crippen LogP contribution in [0.5, 0.6) is 0 Å². The van der Waals surface area contributed by atoms with Gasteiger partial charge >= 0.3 is 0 Å². The van der Waals surface area contributed by atoms with Gasteiger partial charge in [-0.3, -0.25) is 10.1 Å². The maximum Gasteiger partial charge on any atom is 0.234 e. The Morgan fingerprint density at radius 1 is 1.33 bits per heavy atom. The van der Waals surface area contributed by atoms with Crippen LogP contribution in [0.4, 0.5) is 0 Å². The molecule has 1 saturated carbocycles. The summed E-state index contributed by atoms with van der Waals surface area (Å²) in [5, 5.41) is 15.1. The van der Waals surface area contributed by atoms with E-state index in [0.29, 0.717) is 12.5 Å². The van der Waals surface area contributed by atoms with Gasteiger partial charge in [0.05, 0.1) is 18.4 Å². The van der Waals surface area contributed by atoms with E-state index in [1.165, 1.54) is 0 Å². The van der Waals surface area contributed by atoms with Crippen LogP contribution in [0.2, 0.25) is 0 Å². The van der Waals surface area contributed by atoms with E-state index < -0.39 is 6.04 Å². The molecule has 4 unspecified atom stereocenters. The summed E-state index contributed by atoms with van der Waals surface area (Å²) in [5.41, 5.74) is 2.94. The second-order valence-electron chi connectivity index (χ2n) is 5.21. The van der Waals surface area contributed by atoms with Gasteiger partial charge < -0.3 is 10.2 Å². The first-order valence-corrected chi connectivity index (χ1v) is 6.74. The van der Waals surface area contributed by atoms with Crippen LogP contribution in [0.3, 0.4) is 0 Å². The molecule has 1 aliphatic carbocycles. The smallest absolute Gasteiger partial charge is 0.234 e. The molecule has 1 aliphatic heterocycles. The Bertz CT molecular complexity index is 322. The van der Waals surface area contributed by atoms with Crippen molar-refractivity contribution in [3.05, 3.63) is 10.1 Å². The van der Waals surface area contributed by atoms with Crippen LogP contribution >= 0.6 is 0 Å². The lowest BCUT2D eigenvalue weighted by molar-refractivity contribution is -0.530. The highest BCUT2D eigenvalue weighted by Crippen LogP contribution is 2.21. The molecule has 2 fully saturated rings. The van der Waals surface area contributed by atoms with Crippen molar-refractivity contribution >= 4 is 6.21 Å². The lowest BCUT2D eigenvalue weighted by Crippen LogP contribution is -2.44. The second-order valence-corrected chi connectivity index (χ2v) is 5.21. The molecule has 0 radical (unpaired) electrons. The molecule has 1 heterocycles. The minimum atomic E-state index is -0.501. The third-order valence-electron chi connectivity index (χ3n) is 3.75. The topological polar surface area (TPSA) is 76.8 Å². The zero-order chi connectivity index (χ0) is 13.0. The second kappa shape index (κ2) is 6.13. The molecule has 18 heavy (non-hydrogen) atoms. The van der Waals surface area contributed by atoms with E-state index in [-0.39, 0.29) is 17.1 Å². The highest BCUT2D eigenvalue weighted by molar-refractivity contribution is 5.63. The molecule has 0 aromatic rings. The number of rotatable bonds is 4. The number of hydrogen-bond acceptors (Lipinski definition) is 5. The third-order valence-corrected chi connectivity index (χ3v) is 3.75. The Morgan fingerprint density at radius 2 is 2.11 bits per heavy atom. The Morgan fingerprint density at radius 3 is 2.78 bits per heavy atom. The lowest BCUT2D eigenvalue weighted by Gasteiger charge is -2.24. The minimum absolute atomic E-state index is 0.0603. The summed E-state index contributed by atoms with van der Waals surface area (Å²) in [4.78, 5) is 10.7. The van der Waals surface area contributed by atoms with Crippen molar-refractivity contribution in [2.75, 3.05) is 0 Å². The molecule has 6 nitrogen and oxygen atoms in total. The molecule has 0 aromatic heterocycles. The molecule has 0 amide bonds. The fraction of sp³-hybridized carbons (Fsp3) is 0.917. The van der Waals surface area contributed by atoms with Gasteiger partial charge in [-0.05, 0) is 32.6 Å². The summed E-state index contributed by atoms with van der Waals surface area (Å²) in [6.07, 6.45) is 7.59. The van der Waals surface area contributed by atoms with E-state index in [0.717, 1.165) is 32.1 Å². The van der Waals surface area contributed by atoms with Crippen molar-refractivity contribution in [1.82, 2.24) is 5.43 Å². The summed E-state index contributed by atoms with van der Waals surface area (Å²) >= 11 is 0. The fourth-order valence-electron chi connectivity index (χ4n) is 2.68. The van der Waals surface area contributed by atoms with Gasteiger partial charge in [0.2, 0.25) is 6.04 Å².